The number of hydrogen-bond donors (Lipinski definition) is 1. The Morgan fingerprint density at radius 3 is 2.75 bits per heavy atom. The van der Waals surface area contributed by atoms with Crippen molar-refractivity contribution in [3.05, 3.63) is 0 Å². The van der Waals surface area contributed by atoms with Gasteiger partial charge in [-0.1, -0.05) is 0 Å². The van der Waals surface area contributed by atoms with E-state index in [1.807, 2.05) is 0 Å². The molecular weight excluding hydrogens is 232 g/mol. The molecule has 2 aliphatic rings. The number of carbonyl (C=O) groups is 3. The van der Waals surface area contributed by atoms with Gasteiger partial charge in [0.1, 0.15) is 11.4 Å². The van der Waals surface area contributed by atoms with Crippen molar-refractivity contribution in [2.75, 3.05) is 0 Å². The first-order valence-corrected chi connectivity index (χ1v) is 5.68. The van der Waals surface area contributed by atoms with E-state index in [-0.39, 0.29) is 11.3 Å². The van der Waals surface area contributed by atoms with Crippen molar-refractivity contribution in [1.29, 1.82) is 0 Å². The fraction of sp³-hybridized carbons (Fsp3) is 0.667. The van der Waals surface area contributed by atoms with Gasteiger partial charge in [0.15, 0.2) is 0 Å². The van der Waals surface area contributed by atoms with Crippen LogP contribution in [0.3, 0.4) is 0 Å². The Labute approximate surface area is 96.4 Å². The molecule has 88 valence electrons. The van der Waals surface area contributed by atoms with E-state index in [1.165, 1.54) is 16.7 Å². The van der Waals surface area contributed by atoms with Crippen molar-refractivity contribution in [3.8, 4) is 0 Å². The molecule has 2 saturated heterocycles. The third kappa shape index (κ3) is 1.31. The van der Waals surface area contributed by atoms with Gasteiger partial charge in [-0.2, -0.15) is 0 Å². The number of carboxylic acid groups (broad SMARTS) is 1. The third-order valence-corrected chi connectivity index (χ3v) is 4.48. The summed E-state index contributed by atoms with van der Waals surface area (Å²) in [6.45, 7) is 3.50. The van der Waals surface area contributed by atoms with Gasteiger partial charge in [0.2, 0.25) is 12.3 Å². The summed E-state index contributed by atoms with van der Waals surface area (Å²) in [5.41, 5.74) is 0. The maximum atomic E-state index is 11.6. The third-order valence-electron chi connectivity index (χ3n) is 2.91. The summed E-state index contributed by atoms with van der Waals surface area (Å²) in [7, 11) is 0. The average molecular weight is 243 g/mol. The van der Waals surface area contributed by atoms with Crippen molar-refractivity contribution in [1.82, 2.24) is 10.2 Å². The molecule has 0 aromatic rings. The van der Waals surface area contributed by atoms with Gasteiger partial charge in [-0.25, -0.2) is 0 Å². The lowest BCUT2D eigenvalue weighted by molar-refractivity contribution is -0.312. The topological polar surface area (TPSA) is 89.5 Å². The second-order valence-corrected chi connectivity index (χ2v) is 6.11. The number of β-lactam (4-membered cyclic amide) rings is 1. The van der Waals surface area contributed by atoms with Crippen molar-refractivity contribution < 1.29 is 19.5 Å². The zero-order chi connectivity index (χ0) is 12.1. The predicted octanol–water partition coefficient (Wildman–Crippen LogP) is -2.09. The van der Waals surface area contributed by atoms with E-state index in [4.69, 9.17) is 0 Å². The van der Waals surface area contributed by atoms with Crippen LogP contribution >= 0.6 is 11.8 Å². The Bertz CT molecular complexity index is 371. The lowest BCUT2D eigenvalue weighted by Crippen LogP contribution is -2.70. The molecule has 3 atom stereocenters. The SMILES string of the molecule is CC1(C)SC2C(NC=O)C(=O)N2C1C(=O)[O-]. The number of fused-ring (bicyclic) bond motifs is 1. The van der Waals surface area contributed by atoms with Crippen molar-refractivity contribution in [3.63, 3.8) is 0 Å². The molecule has 2 aliphatic heterocycles. The first kappa shape index (κ1) is 11.3. The largest absolute Gasteiger partial charge is 0.548 e. The van der Waals surface area contributed by atoms with Crippen molar-refractivity contribution in [2.45, 2.75) is 36.1 Å². The minimum absolute atomic E-state index is 0.296. The predicted molar refractivity (Wildman–Crippen MR) is 54.1 cm³/mol. The Hall–Kier alpha value is -1.24. The number of aliphatic carboxylic acids is 1. The molecule has 2 rings (SSSR count). The molecule has 3 unspecified atom stereocenters. The van der Waals surface area contributed by atoms with Gasteiger partial charge in [0, 0.05) is 4.75 Å². The molecule has 0 radical (unpaired) electrons. The molecule has 2 fully saturated rings. The zero-order valence-corrected chi connectivity index (χ0v) is 9.61. The van der Waals surface area contributed by atoms with Crippen molar-refractivity contribution in [2.24, 2.45) is 0 Å². The maximum Gasteiger partial charge on any atom is 0.249 e. The first-order valence-electron chi connectivity index (χ1n) is 4.80. The Morgan fingerprint density at radius 1 is 1.62 bits per heavy atom. The van der Waals surface area contributed by atoms with E-state index in [0.29, 0.717) is 6.41 Å². The molecule has 0 aromatic carbocycles. The molecule has 2 amide bonds. The van der Waals surface area contributed by atoms with E-state index >= 15 is 0 Å². The fourth-order valence-electron chi connectivity index (χ4n) is 2.22. The van der Waals surface area contributed by atoms with Crippen LogP contribution in [-0.4, -0.2) is 45.4 Å². The van der Waals surface area contributed by atoms with Gasteiger partial charge in [0.25, 0.3) is 0 Å². The van der Waals surface area contributed by atoms with Crippen LogP contribution in [0.15, 0.2) is 0 Å². The number of nitrogens with zero attached hydrogens (tertiary/aromatic N) is 1. The first-order chi connectivity index (χ1) is 7.40. The highest BCUT2D eigenvalue weighted by Crippen LogP contribution is 2.50. The molecule has 1 N–H and O–H groups in total. The summed E-state index contributed by atoms with van der Waals surface area (Å²) in [5.74, 6) is -1.61. The molecular formula is C9H11N2O4S-. The van der Waals surface area contributed by atoms with E-state index in [9.17, 15) is 19.5 Å². The van der Waals surface area contributed by atoms with Crippen LogP contribution in [-0.2, 0) is 14.4 Å². The van der Waals surface area contributed by atoms with Crippen LogP contribution in [0.5, 0.6) is 0 Å². The Morgan fingerprint density at radius 2 is 2.25 bits per heavy atom. The van der Waals surface area contributed by atoms with Crippen LogP contribution < -0.4 is 10.4 Å². The number of hydrogen-bond acceptors (Lipinski definition) is 5. The Balaban J connectivity index is 2.24. The molecule has 0 aromatic heterocycles. The zero-order valence-electron chi connectivity index (χ0n) is 8.80. The number of rotatable bonds is 3. The van der Waals surface area contributed by atoms with Gasteiger partial charge < -0.3 is 20.1 Å². The van der Waals surface area contributed by atoms with Crippen LogP contribution in [0.4, 0.5) is 0 Å². The highest BCUT2D eigenvalue weighted by Gasteiger charge is 2.61. The summed E-state index contributed by atoms with van der Waals surface area (Å²) < 4.78 is -0.599. The number of amides is 2. The van der Waals surface area contributed by atoms with Crippen molar-refractivity contribution >= 4 is 30.0 Å². The van der Waals surface area contributed by atoms with Crippen LogP contribution in [0.2, 0.25) is 0 Å². The summed E-state index contributed by atoms with van der Waals surface area (Å²) in [5, 5.41) is 13.1. The van der Waals surface area contributed by atoms with E-state index in [2.05, 4.69) is 5.32 Å². The lowest BCUT2D eigenvalue weighted by Gasteiger charge is -2.44. The quantitative estimate of drug-likeness (QED) is 0.453. The smallest absolute Gasteiger partial charge is 0.249 e. The highest BCUT2D eigenvalue weighted by atomic mass is 32.2. The van der Waals surface area contributed by atoms with Gasteiger partial charge >= 0.3 is 0 Å². The average Bonchev–Trinajstić information content (AvgIpc) is 2.43. The minimum Gasteiger partial charge on any atom is -0.548 e. The fourth-order valence-corrected chi connectivity index (χ4v) is 3.85. The van der Waals surface area contributed by atoms with E-state index < -0.39 is 22.8 Å². The number of nitrogens with one attached hydrogen (secondary N) is 1. The van der Waals surface area contributed by atoms with Crippen LogP contribution in [0.25, 0.3) is 0 Å². The normalized spacial score (nSPS) is 35.2. The van der Waals surface area contributed by atoms with Gasteiger partial charge in [-0.15, -0.1) is 11.8 Å². The molecule has 0 aliphatic carbocycles. The van der Waals surface area contributed by atoms with Gasteiger partial charge in [-0.05, 0) is 13.8 Å². The van der Waals surface area contributed by atoms with Gasteiger partial charge in [0.05, 0.1) is 12.0 Å². The molecule has 0 spiro atoms. The number of thioether (sulfide) groups is 1. The molecule has 7 heteroatoms. The monoisotopic (exact) mass is 243 g/mol. The Kier molecular flexibility index (Phi) is 2.37. The minimum atomic E-state index is -1.25. The van der Waals surface area contributed by atoms with E-state index in [1.54, 1.807) is 13.8 Å². The summed E-state index contributed by atoms with van der Waals surface area (Å²) in [6, 6.07) is -1.54. The van der Waals surface area contributed by atoms with Crippen LogP contribution in [0.1, 0.15) is 13.8 Å². The molecule has 0 bridgehead atoms. The summed E-state index contributed by atoms with van der Waals surface area (Å²) in [6.07, 6.45) is 0.458. The van der Waals surface area contributed by atoms with Crippen LogP contribution in [0, 0.1) is 0 Å². The summed E-state index contributed by atoms with van der Waals surface area (Å²) >= 11 is 1.37. The number of carbonyl (C=O) groups excluding carboxylic acids is 3. The second kappa shape index (κ2) is 3.38. The molecule has 16 heavy (non-hydrogen) atoms. The highest BCUT2D eigenvalue weighted by molar-refractivity contribution is 8.01. The lowest BCUT2D eigenvalue weighted by atomic mass is 9.96. The molecule has 2 heterocycles. The standard InChI is InChI=1S/C9H12N2O4S/c1-9(2)5(8(14)15)11-6(13)4(10-3-12)7(11)16-9/h3-5,7H,1-2H3,(H,10,12)(H,14,15)/p-1. The van der Waals surface area contributed by atoms with E-state index in [0.717, 1.165) is 0 Å². The molecule has 0 saturated carbocycles. The summed E-state index contributed by atoms with van der Waals surface area (Å²) in [4.78, 5) is 34.2. The second-order valence-electron chi connectivity index (χ2n) is 4.34. The molecule has 6 nitrogen and oxygen atoms in total. The maximum absolute atomic E-state index is 11.6. The van der Waals surface area contributed by atoms with Gasteiger partial charge in [-0.3, -0.25) is 9.59 Å². The number of carboxylic acids is 1.